The SMILES string of the molecule is COCOc1cc(Cl)ccc1-c1cc(-c2cccc(NC(=O)CCNC(=O)OC(C)(C)C)c2)c(C#N)c(N)n1. The third-order valence-electron chi connectivity index (χ3n) is 5.19. The van der Waals surface area contributed by atoms with Gasteiger partial charge in [0.15, 0.2) is 6.79 Å². The molecule has 39 heavy (non-hydrogen) atoms. The number of hydrogen-bond donors (Lipinski definition) is 3. The Morgan fingerprint density at radius 2 is 1.90 bits per heavy atom. The summed E-state index contributed by atoms with van der Waals surface area (Å²) in [5.41, 5.74) is 8.49. The van der Waals surface area contributed by atoms with Gasteiger partial charge in [-0.05, 0) is 62.7 Å². The number of nitriles is 1. The topological polar surface area (TPSA) is 149 Å². The van der Waals surface area contributed by atoms with E-state index in [9.17, 15) is 14.9 Å². The monoisotopic (exact) mass is 551 g/mol. The van der Waals surface area contributed by atoms with Crippen molar-refractivity contribution >= 4 is 35.1 Å². The first-order valence-electron chi connectivity index (χ1n) is 12.0. The van der Waals surface area contributed by atoms with Gasteiger partial charge in [-0.1, -0.05) is 23.7 Å². The van der Waals surface area contributed by atoms with E-state index in [-0.39, 0.29) is 37.0 Å². The Kier molecular flexibility index (Phi) is 9.71. The van der Waals surface area contributed by atoms with Crippen molar-refractivity contribution in [3.05, 3.63) is 59.1 Å². The van der Waals surface area contributed by atoms with E-state index in [0.29, 0.717) is 38.8 Å². The molecule has 0 aliphatic rings. The average Bonchev–Trinajstić information content (AvgIpc) is 2.86. The molecule has 0 radical (unpaired) electrons. The lowest BCUT2D eigenvalue weighted by Gasteiger charge is -2.19. The van der Waals surface area contributed by atoms with Gasteiger partial charge in [-0.2, -0.15) is 5.26 Å². The molecule has 0 fully saturated rings. The highest BCUT2D eigenvalue weighted by atomic mass is 35.5. The van der Waals surface area contributed by atoms with Crippen LogP contribution in [0.15, 0.2) is 48.5 Å². The van der Waals surface area contributed by atoms with Crippen LogP contribution in [0.25, 0.3) is 22.4 Å². The number of anilines is 2. The second-order valence-corrected chi connectivity index (χ2v) is 9.86. The van der Waals surface area contributed by atoms with Crippen LogP contribution in [-0.2, 0) is 14.3 Å². The fourth-order valence-electron chi connectivity index (χ4n) is 3.58. The van der Waals surface area contributed by atoms with Crippen LogP contribution in [0.3, 0.4) is 0 Å². The highest BCUT2D eigenvalue weighted by Gasteiger charge is 2.18. The van der Waals surface area contributed by atoms with Gasteiger partial charge >= 0.3 is 6.09 Å². The number of halogens is 1. The Labute approximate surface area is 232 Å². The molecule has 4 N–H and O–H groups in total. The van der Waals surface area contributed by atoms with E-state index in [1.54, 1.807) is 69.3 Å². The van der Waals surface area contributed by atoms with Gasteiger partial charge in [0, 0.05) is 41.9 Å². The fourth-order valence-corrected chi connectivity index (χ4v) is 3.74. The lowest BCUT2D eigenvalue weighted by Crippen LogP contribution is -2.34. The molecule has 2 aromatic carbocycles. The fraction of sp³-hybridized carbons (Fsp3) is 0.286. The first kappa shape index (κ1) is 29.2. The molecule has 3 aromatic rings. The van der Waals surface area contributed by atoms with Crippen molar-refractivity contribution in [3.63, 3.8) is 0 Å². The van der Waals surface area contributed by atoms with Gasteiger partial charge in [0.05, 0.1) is 5.69 Å². The van der Waals surface area contributed by atoms with Gasteiger partial charge < -0.3 is 30.6 Å². The molecule has 0 unspecified atom stereocenters. The molecule has 0 saturated carbocycles. The number of benzene rings is 2. The Morgan fingerprint density at radius 1 is 1.13 bits per heavy atom. The molecule has 0 bridgehead atoms. The van der Waals surface area contributed by atoms with Crippen molar-refractivity contribution in [1.29, 1.82) is 5.26 Å². The zero-order valence-electron chi connectivity index (χ0n) is 22.1. The van der Waals surface area contributed by atoms with Crippen molar-refractivity contribution in [2.45, 2.75) is 32.8 Å². The first-order valence-corrected chi connectivity index (χ1v) is 12.4. The number of alkyl carbamates (subject to hydrolysis) is 1. The molecule has 0 aliphatic heterocycles. The number of nitrogens with zero attached hydrogens (tertiary/aromatic N) is 2. The molecule has 204 valence electrons. The Balaban J connectivity index is 1.84. The van der Waals surface area contributed by atoms with E-state index < -0.39 is 11.7 Å². The molecule has 0 atom stereocenters. The number of nitrogen functional groups attached to an aromatic ring is 1. The Morgan fingerprint density at radius 3 is 2.59 bits per heavy atom. The van der Waals surface area contributed by atoms with Crippen molar-refractivity contribution in [2.75, 3.05) is 31.5 Å². The Bertz CT molecular complexity index is 1400. The molecule has 10 nitrogen and oxygen atoms in total. The molecule has 1 heterocycles. The largest absolute Gasteiger partial charge is 0.467 e. The smallest absolute Gasteiger partial charge is 0.407 e. The summed E-state index contributed by atoms with van der Waals surface area (Å²) >= 11 is 6.15. The lowest BCUT2D eigenvalue weighted by molar-refractivity contribution is -0.116. The van der Waals surface area contributed by atoms with Crippen LogP contribution in [0.2, 0.25) is 5.02 Å². The summed E-state index contributed by atoms with van der Waals surface area (Å²) in [4.78, 5) is 28.7. The van der Waals surface area contributed by atoms with E-state index in [1.165, 1.54) is 7.11 Å². The standard InChI is InChI=1S/C28H30ClN5O5/c1-28(2,3)39-27(36)32-11-10-25(35)33-19-7-5-6-17(12-19)21-14-23(34-26(31)22(21)15-30)20-9-8-18(29)13-24(20)38-16-37-4/h5-9,12-14H,10-11,16H2,1-4H3,(H2,31,34)(H,32,36)(H,33,35). The van der Waals surface area contributed by atoms with Crippen LogP contribution in [0.4, 0.5) is 16.3 Å². The van der Waals surface area contributed by atoms with Crippen LogP contribution in [0.5, 0.6) is 5.75 Å². The van der Waals surface area contributed by atoms with Crippen LogP contribution in [0.1, 0.15) is 32.8 Å². The summed E-state index contributed by atoms with van der Waals surface area (Å²) in [5, 5.41) is 15.6. The quantitative estimate of drug-likeness (QED) is 0.301. The second kappa shape index (κ2) is 13.0. The Hall–Kier alpha value is -4.33. The minimum atomic E-state index is -0.628. The number of nitrogens with one attached hydrogen (secondary N) is 2. The first-order chi connectivity index (χ1) is 18.5. The van der Waals surface area contributed by atoms with E-state index in [4.69, 9.17) is 31.5 Å². The van der Waals surface area contributed by atoms with Crippen LogP contribution >= 0.6 is 11.6 Å². The zero-order valence-corrected chi connectivity index (χ0v) is 22.9. The van der Waals surface area contributed by atoms with Crippen LogP contribution < -0.4 is 21.1 Å². The minimum absolute atomic E-state index is 0.000990. The highest BCUT2D eigenvalue weighted by molar-refractivity contribution is 6.30. The number of carbonyl (C=O) groups excluding carboxylic acids is 2. The average molecular weight is 552 g/mol. The van der Waals surface area contributed by atoms with Crippen molar-refractivity contribution < 1.29 is 23.8 Å². The minimum Gasteiger partial charge on any atom is -0.467 e. The molecule has 3 rings (SSSR count). The van der Waals surface area contributed by atoms with Gasteiger partial charge in [-0.3, -0.25) is 4.79 Å². The van der Waals surface area contributed by atoms with Gasteiger partial charge in [0.1, 0.15) is 28.8 Å². The van der Waals surface area contributed by atoms with Crippen molar-refractivity contribution in [1.82, 2.24) is 10.3 Å². The highest BCUT2D eigenvalue weighted by Crippen LogP contribution is 2.37. The molecule has 11 heteroatoms. The molecule has 2 amide bonds. The summed E-state index contributed by atoms with van der Waals surface area (Å²) in [6.07, 6.45) is -0.552. The van der Waals surface area contributed by atoms with Crippen LogP contribution in [0, 0.1) is 11.3 Å². The van der Waals surface area contributed by atoms with Gasteiger partial charge in [-0.15, -0.1) is 0 Å². The summed E-state index contributed by atoms with van der Waals surface area (Å²) in [7, 11) is 1.50. The number of rotatable bonds is 9. The summed E-state index contributed by atoms with van der Waals surface area (Å²) in [5.74, 6) is 0.174. The van der Waals surface area contributed by atoms with Gasteiger partial charge in [0.2, 0.25) is 5.91 Å². The molecule has 0 spiro atoms. The van der Waals surface area contributed by atoms with E-state index in [2.05, 4.69) is 21.7 Å². The summed E-state index contributed by atoms with van der Waals surface area (Å²) in [6.45, 7) is 5.38. The van der Waals surface area contributed by atoms with Crippen LogP contribution in [-0.4, -0.2) is 43.0 Å². The number of hydrogen-bond acceptors (Lipinski definition) is 8. The third-order valence-corrected chi connectivity index (χ3v) is 5.42. The maximum Gasteiger partial charge on any atom is 0.407 e. The molecule has 0 aliphatic carbocycles. The summed E-state index contributed by atoms with van der Waals surface area (Å²) < 4.78 is 15.8. The van der Waals surface area contributed by atoms with Gasteiger partial charge in [-0.25, -0.2) is 9.78 Å². The van der Waals surface area contributed by atoms with E-state index in [0.717, 1.165) is 0 Å². The second-order valence-electron chi connectivity index (χ2n) is 9.43. The normalized spacial score (nSPS) is 10.9. The number of ether oxygens (including phenoxy) is 3. The predicted molar refractivity (Wildman–Crippen MR) is 149 cm³/mol. The van der Waals surface area contributed by atoms with E-state index in [1.807, 2.05) is 0 Å². The third kappa shape index (κ3) is 8.33. The lowest BCUT2D eigenvalue weighted by atomic mass is 9.97. The number of amides is 2. The molecule has 1 aromatic heterocycles. The number of nitrogens with two attached hydrogens (primary N) is 1. The molecule has 0 saturated heterocycles. The number of methoxy groups -OCH3 is 1. The molecular weight excluding hydrogens is 522 g/mol. The number of carbonyl (C=O) groups is 2. The van der Waals surface area contributed by atoms with Crippen molar-refractivity contribution in [2.24, 2.45) is 0 Å². The summed E-state index contributed by atoms with van der Waals surface area (Å²) in [6, 6.07) is 15.9. The maximum absolute atomic E-state index is 12.5. The molecular formula is C28H30ClN5O5. The van der Waals surface area contributed by atoms with Gasteiger partial charge in [0.25, 0.3) is 0 Å². The number of aromatic nitrogens is 1. The maximum atomic E-state index is 12.5. The van der Waals surface area contributed by atoms with E-state index >= 15 is 0 Å². The predicted octanol–water partition coefficient (Wildman–Crippen LogP) is 5.36. The zero-order chi connectivity index (χ0) is 28.6. The number of pyridine rings is 1. The van der Waals surface area contributed by atoms with Crippen molar-refractivity contribution in [3.8, 4) is 34.2 Å².